The molecule has 0 aliphatic rings. The molecule has 0 heterocycles. The quantitative estimate of drug-likeness (QED) is 0.446. The van der Waals surface area contributed by atoms with Gasteiger partial charge in [0.25, 0.3) is 5.91 Å². The van der Waals surface area contributed by atoms with E-state index in [0.29, 0.717) is 5.56 Å². The van der Waals surface area contributed by atoms with Crippen molar-refractivity contribution in [3.63, 3.8) is 0 Å². The van der Waals surface area contributed by atoms with Gasteiger partial charge in [-0.25, -0.2) is 5.84 Å². The molecular weight excluding hydrogens is 214 g/mol. The second-order valence-electron chi connectivity index (χ2n) is 4.04. The van der Waals surface area contributed by atoms with Crippen LogP contribution in [0.15, 0.2) is 24.3 Å². The van der Waals surface area contributed by atoms with E-state index >= 15 is 0 Å². The number of hydrogen-bond donors (Lipinski definition) is 2. The van der Waals surface area contributed by atoms with Crippen LogP contribution < -0.4 is 11.3 Å². The average molecular weight is 235 g/mol. The summed E-state index contributed by atoms with van der Waals surface area (Å²) < 4.78 is 0. The molecule has 0 radical (unpaired) electrons. The van der Waals surface area contributed by atoms with Crippen LogP contribution in [0.4, 0.5) is 0 Å². The zero-order valence-electron chi connectivity index (χ0n) is 10.6. The molecule has 0 fully saturated rings. The highest BCUT2D eigenvalue weighted by Gasteiger charge is 2.05. The second-order valence-corrected chi connectivity index (χ2v) is 4.04. The molecule has 0 aliphatic carbocycles. The SMILES string of the molecule is CCCN(CC)Cc1ccc(C(=O)NN)cc1. The molecule has 17 heavy (non-hydrogen) atoms. The van der Waals surface area contributed by atoms with Gasteiger partial charge in [-0.05, 0) is 37.2 Å². The van der Waals surface area contributed by atoms with E-state index in [2.05, 4.69) is 24.2 Å². The number of carbonyl (C=O) groups excluding carboxylic acids is 1. The highest BCUT2D eigenvalue weighted by molar-refractivity contribution is 5.93. The summed E-state index contributed by atoms with van der Waals surface area (Å²) in [7, 11) is 0. The summed E-state index contributed by atoms with van der Waals surface area (Å²) in [5, 5.41) is 0. The number of nitrogens with two attached hydrogens (primary N) is 1. The molecule has 1 aromatic rings. The predicted octanol–water partition coefficient (Wildman–Crippen LogP) is 1.52. The minimum Gasteiger partial charge on any atom is -0.299 e. The van der Waals surface area contributed by atoms with E-state index in [9.17, 15) is 4.79 Å². The average Bonchev–Trinajstić information content (AvgIpc) is 2.38. The van der Waals surface area contributed by atoms with Crippen molar-refractivity contribution in [3.8, 4) is 0 Å². The zero-order valence-corrected chi connectivity index (χ0v) is 10.6. The number of nitrogens with one attached hydrogen (secondary N) is 1. The highest BCUT2D eigenvalue weighted by Crippen LogP contribution is 2.08. The Morgan fingerprint density at radius 1 is 1.29 bits per heavy atom. The third kappa shape index (κ3) is 4.17. The zero-order chi connectivity index (χ0) is 12.7. The fourth-order valence-electron chi connectivity index (χ4n) is 1.77. The summed E-state index contributed by atoms with van der Waals surface area (Å²) in [6.45, 7) is 7.40. The van der Waals surface area contributed by atoms with Crippen LogP contribution in [-0.4, -0.2) is 23.9 Å². The van der Waals surface area contributed by atoms with E-state index in [1.807, 2.05) is 12.1 Å². The fourth-order valence-corrected chi connectivity index (χ4v) is 1.77. The molecule has 94 valence electrons. The standard InChI is InChI=1S/C13H21N3O/c1-3-9-16(4-2)10-11-5-7-12(8-6-11)13(17)15-14/h5-8H,3-4,9-10,14H2,1-2H3,(H,15,17). The Labute approximate surface area is 103 Å². The summed E-state index contributed by atoms with van der Waals surface area (Å²) >= 11 is 0. The van der Waals surface area contributed by atoms with Gasteiger partial charge >= 0.3 is 0 Å². The number of hydrogen-bond acceptors (Lipinski definition) is 3. The molecule has 4 heteroatoms. The molecule has 1 aromatic carbocycles. The van der Waals surface area contributed by atoms with Gasteiger partial charge in [-0.3, -0.25) is 15.1 Å². The highest BCUT2D eigenvalue weighted by atomic mass is 16.2. The smallest absolute Gasteiger partial charge is 0.265 e. The number of amides is 1. The predicted molar refractivity (Wildman–Crippen MR) is 69.3 cm³/mol. The van der Waals surface area contributed by atoms with E-state index < -0.39 is 0 Å². The lowest BCUT2D eigenvalue weighted by molar-refractivity contribution is 0.0953. The van der Waals surface area contributed by atoms with Crippen LogP contribution in [0.25, 0.3) is 0 Å². The largest absolute Gasteiger partial charge is 0.299 e. The molecule has 1 amide bonds. The summed E-state index contributed by atoms with van der Waals surface area (Å²) in [5.41, 5.74) is 3.93. The Balaban J connectivity index is 2.64. The van der Waals surface area contributed by atoms with Crippen molar-refractivity contribution in [2.45, 2.75) is 26.8 Å². The van der Waals surface area contributed by atoms with Crippen LogP contribution in [0.5, 0.6) is 0 Å². The van der Waals surface area contributed by atoms with Crippen molar-refractivity contribution in [1.29, 1.82) is 0 Å². The lowest BCUT2D eigenvalue weighted by Gasteiger charge is -2.19. The molecule has 0 aliphatic heterocycles. The van der Waals surface area contributed by atoms with Crippen LogP contribution in [0, 0.1) is 0 Å². The number of nitrogens with zero attached hydrogens (tertiary/aromatic N) is 1. The second kappa shape index (κ2) is 7.04. The Morgan fingerprint density at radius 2 is 1.94 bits per heavy atom. The van der Waals surface area contributed by atoms with Crippen molar-refractivity contribution in [2.75, 3.05) is 13.1 Å². The summed E-state index contributed by atoms with van der Waals surface area (Å²) in [6.07, 6.45) is 1.15. The molecule has 0 bridgehead atoms. The number of rotatable bonds is 6. The third-order valence-corrected chi connectivity index (χ3v) is 2.74. The number of nitrogen functional groups attached to an aromatic ring is 1. The van der Waals surface area contributed by atoms with Crippen LogP contribution in [0.3, 0.4) is 0 Å². The minimum atomic E-state index is -0.252. The first-order chi connectivity index (χ1) is 8.21. The van der Waals surface area contributed by atoms with Gasteiger partial charge < -0.3 is 0 Å². The van der Waals surface area contributed by atoms with Crippen LogP contribution in [0.1, 0.15) is 36.2 Å². The van der Waals surface area contributed by atoms with Crippen molar-refractivity contribution in [2.24, 2.45) is 5.84 Å². The van der Waals surface area contributed by atoms with Crippen LogP contribution in [0.2, 0.25) is 0 Å². The number of carbonyl (C=O) groups is 1. The van der Waals surface area contributed by atoms with Gasteiger partial charge in [0.2, 0.25) is 0 Å². The van der Waals surface area contributed by atoms with E-state index in [4.69, 9.17) is 5.84 Å². The molecule has 0 spiro atoms. The molecule has 0 aromatic heterocycles. The molecule has 0 atom stereocenters. The molecule has 0 saturated carbocycles. The molecule has 0 unspecified atom stereocenters. The topological polar surface area (TPSA) is 58.4 Å². The van der Waals surface area contributed by atoms with Gasteiger partial charge in [-0.2, -0.15) is 0 Å². The summed E-state index contributed by atoms with van der Waals surface area (Å²) in [4.78, 5) is 13.6. The van der Waals surface area contributed by atoms with Crippen molar-refractivity contribution >= 4 is 5.91 Å². The van der Waals surface area contributed by atoms with Gasteiger partial charge in [-0.15, -0.1) is 0 Å². The summed E-state index contributed by atoms with van der Waals surface area (Å²) in [6, 6.07) is 7.56. The molecule has 0 saturated heterocycles. The fraction of sp³-hybridized carbons (Fsp3) is 0.462. The maximum atomic E-state index is 11.3. The lowest BCUT2D eigenvalue weighted by Crippen LogP contribution is -2.30. The van der Waals surface area contributed by atoms with Crippen molar-refractivity contribution in [1.82, 2.24) is 10.3 Å². The van der Waals surface area contributed by atoms with Crippen molar-refractivity contribution < 1.29 is 4.79 Å². The van der Waals surface area contributed by atoms with Gasteiger partial charge in [0.15, 0.2) is 0 Å². The van der Waals surface area contributed by atoms with E-state index in [1.54, 1.807) is 12.1 Å². The van der Waals surface area contributed by atoms with Crippen LogP contribution in [-0.2, 0) is 6.54 Å². The monoisotopic (exact) mass is 235 g/mol. The normalized spacial score (nSPS) is 10.6. The van der Waals surface area contributed by atoms with Gasteiger partial charge in [0, 0.05) is 12.1 Å². The maximum Gasteiger partial charge on any atom is 0.265 e. The first-order valence-electron chi connectivity index (χ1n) is 6.03. The van der Waals surface area contributed by atoms with Gasteiger partial charge in [0.05, 0.1) is 0 Å². The Bertz CT molecular complexity index is 348. The summed E-state index contributed by atoms with van der Waals surface area (Å²) in [5.74, 6) is 4.82. The first-order valence-corrected chi connectivity index (χ1v) is 6.03. The van der Waals surface area contributed by atoms with Gasteiger partial charge in [0.1, 0.15) is 0 Å². The van der Waals surface area contributed by atoms with Gasteiger partial charge in [-0.1, -0.05) is 26.0 Å². The molecule has 3 N–H and O–H groups in total. The van der Waals surface area contributed by atoms with Crippen LogP contribution >= 0.6 is 0 Å². The Hall–Kier alpha value is -1.39. The molecule has 1 rings (SSSR count). The lowest BCUT2D eigenvalue weighted by atomic mass is 10.1. The number of hydrazine groups is 1. The third-order valence-electron chi connectivity index (χ3n) is 2.74. The van der Waals surface area contributed by atoms with E-state index in [1.165, 1.54) is 5.56 Å². The Morgan fingerprint density at radius 3 is 2.41 bits per heavy atom. The first kappa shape index (κ1) is 13.7. The minimum absolute atomic E-state index is 0.252. The van der Waals surface area contributed by atoms with Crippen molar-refractivity contribution in [3.05, 3.63) is 35.4 Å². The Kier molecular flexibility index (Phi) is 5.66. The maximum absolute atomic E-state index is 11.3. The number of benzene rings is 1. The van der Waals surface area contributed by atoms with E-state index in [-0.39, 0.29) is 5.91 Å². The molecule has 4 nitrogen and oxygen atoms in total. The van der Waals surface area contributed by atoms with E-state index in [0.717, 1.165) is 26.1 Å². The molecular formula is C13H21N3O.